The number of fused-ring (bicyclic) bond motifs is 3. The number of pyridine rings is 1. The number of nitrogens with one attached hydrogen (secondary N) is 1. The second-order valence-corrected chi connectivity index (χ2v) is 6.70. The number of ether oxygens (including phenoxy) is 2. The van der Waals surface area contributed by atoms with E-state index in [1.165, 1.54) is 19.2 Å². The van der Waals surface area contributed by atoms with Crippen molar-refractivity contribution in [2.45, 2.75) is 6.04 Å². The number of anilines is 1. The Morgan fingerprint density at radius 1 is 1.42 bits per heavy atom. The van der Waals surface area contributed by atoms with Crippen LogP contribution < -0.4 is 14.8 Å². The number of amides is 1. The van der Waals surface area contributed by atoms with Gasteiger partial charge in [-0.05, 0) is 37.4 Å². The van der Waals surface area contributed by atoms with Crippen molar-refractivity contribution in [3.63, 3.8) is 0 Å². The summed E-state index contributed by atoms with van der Waals surface area (Å²) in [5.74, 6) is 0.336. The lowest BCUT2D eigenvalue weighted by Crippen LogP contribution is -2.34. The van der Waals surface area contributed by atoms with Crippen LogP contribution in [0.3, 0.4) is 0 Å². The number of aromatic nitrogens is 1. The molecule has 0 saturated carbocycles. The first-order valence-corrected chi connectivity index (χ1v) is 8.51. The first kappa shape index (κ1) is 16.8. The van der Waals surface area contributed by atoms with Gasteiger partial charge in [-0.1, -0.05) is 0 Å². The molecule has 4 rings (SSSR count). The van der Waals surface area contributed by atoms with Crippen LogP contribution in [0.15, 0.2) is 36.5 Å². The van der Waals surface area contributed by atoms with Crippen molar-refractivity contribution < 1.29 is 18.7 Å². The zero-order chi connectivity index (χ0) is 18.3. The molecule has 1 aromatic carbocycles. The molecule has 1 saturated heterocycles. The predicted molar refractivity (Wildman–Crippen MR) is 93.7 cm³/mol. The molecule has 3 atom stereocenters. The topological polar surface area (TPSA) is 63.7 Å². The highest BCUT2D eigenvalue weighted by Crippen LogP contribution is 2.47. The molecule has 7 heteroatoms. The maximum Gasteiger partial charge on any atom is 0.237 e. The van der Waals surface area contributed by atoms with Crippen LogP contribution in [0, 0.1) is 17.7 Å². The van der Waals surface area contributed by atoms with Crippen molar-refractivity contribution in [2.75, 3.05) is 32.6 Å². The highest BCUT2D eigenvalue weighted by atomic mass is 19.1. The van der Waals surface area contributed by atoms with Crippen LogP contribution in [-0.4, -0.2) is 43.1 Å². The molecule has 6 nitrogen and oxygen atoms in total. The molecule has 1 fully saturated rings. The molecular weight excluding hydrogens is 337 g/mol. The molecule has 0 aliphatic carbocycles. The minimum atomic E-state index is -0.297. The van der Waals surface area contributed by atoms with Crippen molar-refractivity contribution in [3.8, 4) is 11.6 Å². The fraction of sp³-hybridized carbons (Fsp3) is 0.368. The Labute approximate surface area is 150 Å². The number of hydrogen-bond acceptors (Lipinski definition) is 5. The van der Waals surface area contributed by atoms with E-state index in [0.717, 1.165) is 5.56 Å². The molecule has 0 radical (unpaired) electrons. The largest absolute Gasteiger partial charge is 0.493 e. The van der Waals surface area contributed by atoms with E-state index >= 15 is 0 Å². The summed E-state index contributed by atoms with van der Waals surface area (Å²) in [7, 11) is 3.47. The highest BCUT2D eigenvalue weighted by molar-refractivity contribution is 5.94. The molecule has 2 aliphatic heterocycles. The standard InChI is InChI=1S/C19H20FN3O3/c1-23-9-13(18(24)22-15-4-3-7-21-19(15)25-2)14-10-26-16-6-5-11(20)8-12(16)17(14)23/h3-8,13-14,17H,9-10H2,1-2H3,(H,22,24)/t13-,14+,17+/m1/s1. The molecular formula is C19H20FN3O3. The molecule has 1 amide bonds. The number of likely N-dealkylation sites (tertiary alicyclic amines) is 1. The molecule has 3 heterocycles. The Kier molecular flexibility index (Phi) is 4.24. The smallest absolute Gasteiger partial charge is 0.237 e. The lowest BCUT2D eigenvalue weighted by atomic mass is 9.85. The van der Waals surface area contributed by atoms with Crippen molar-refractivity contribution in [2.24, 2.45) is 11.8 Å². The van der Waals surface area contributed by atoms with E-state index in [0.29, 0.717) is 30.5 Å². The molecule has 2 aliphatic rings. The summed E-state index contributed by atoms with van der Waals surface area (Å²) in [6.07, 6.45) is 1.61. The Hall–Kier alpha value is -2.67. The number of carbonyl (C=O) groups is 1. The monoisotopic (exact) mass is 357 g/mol. The maximum absolute atomic E-state index is 13.7. The number of methoxy groups -OCH3 is 1. The van der Waals surface area contributed by atoms with Crippen LogP contribution >= 0.6 is 0 Å². The number of halogens is 1. The van der Waals surface area contributed by atoms with Gasteiger partial charge in [0.15, 0.2) is 0 Å². The molecule has 0 spiro atoms. The Morgan fingerprint density at radius 3 is 3.08 bits per heavy atom. The van der Waals surface area contributed by atoms with Crippen LogP contribution in [0.4, 0.5) is 10.1 Å². The molecule has 2 aromatic rings. The van der Waals surface area contributed by atoms with E-state index in [2.05, 4.69) is 15.2 Å². The maximum atomic E-state index is 13.7. The summed E-state index contributed by atoms with van der Waals surface area (Å²) < 4.78 is 24.7. The SMILES string of the molecule is COc1ncccc1NC(=O)[C@@H]1CN(C)[C@H]2c3cc(F)ccc3OC[C@@H]12. The van der Waals surface area contributed by atoms with Gasteiger partial charge in [-0.3, -0.25) is 9.69 Å². The predicted octanol–water partition coefficient (Wildman–Crippen LogP) is 2.48. The van der Waals surface area contributed by atoms with Crippen molar-refractivity contribution >= 4 is 11.6 Å². The molecule has 136 valence electrons. The summed E-state index contributed by atoms with van der Waals surface area (Å²) in [6, 6.07) is 8.01. The molecule has 0 bridgehead atoms. The average molecular weight is 357 g/mol. The van der Waals surface area contributed by atoms with Gasteiger partial charge in [-0.25, -0.2) is 9.37 Å². The highest BCUT2D eigenvalue weighted by Gasteiger charge is 2.47. The third kappa shape index (κ3) is 2.78. The Bertz CT molecular complexity index is 845. The molecule has 1 N–H and O–H groups in total. The zero-order valence-corrected chi connectivity index (χ0v) is 14.6. The van der Waals surface area contributed by atoms with Gasteiger partial charge >= 0.3 is 0 Å². The summed E-state index contributed by atoms with van der Waals surface area (Å²) in [5.41, 5.74) is 1.34. The normalized spacial score (nSPS) is 24.3. The van der Waals surface area contributed by atoms with Crippen molar-refractivity contribution in [3.05, 3.63) is 47.9 Å². The molecule has 1 aromatic heterocycles. The van der Waals surface area contributed by atoms with Gasteiger partial charge in [0.1, 0.15) is 17.3 Å². The number of rotatable bonds is 3. The fourth-order valence-electron chi connectivity index (χ4n) is 4.00. The number of carbonyl (C=O) groups excluding carboxylic acids is 1. The van der Waals surface area contributed by atoms with E-state index in [-0.39, 0.29) is 29.6 Å². The van der Waals surface area contributed by atoms with Gasteiger partial charge < -0.3 is 14.8 Å². The van der Waals surface area contributed by atoms with Gasteiger partial charge in [0.2, 0.25) is 11.8 Å². The number of benzene rings is 1. The minimum absolute atomic E-state index is 0.0407. The lowest BCUT2D eigenvalue weighted by molar-refractivity contribution is -0.121. The van der Waals surface area contributed by atoms with Crippen LogP contribution in [-0.2, 0) is 4.79 Å². The summed E-state index contributed by atoms with van der Waals surface area (Å²) in [5, 5.41) is 2.91. The molecule has 0 unspecified atom stereocenters. The van der Waals surface area contributed by atoms with Crippen LogP contribution in [0.5, 0.6) is 11.6 Å². The van der Waals surface area contributed by atoms with Crippen LogP contribution in [0.25, 0.3) is 0 Å². The number of nitrogens with zero attached hydrogens (tertiary/aromatic N) is 2. The Balaban J connectivity index is 1.59. The van der Waals surface area contributed by atoms with Gasteiger partial charge in [0.25, 0.3) is 0 Å². The van der Waals surface area contributed by atoms with Gasteiger partial charge in [-0.15, -0.1) is 0 Å². The average Bonchev–Trinajstić information content (AvgIpc) is 2.99. The summed E-state index contributed by atoms with van der Waals surface area (Å²) in [6.45, 7) is 0.999. The van der Waals surface area contributed by atoms with E-state index in [1.54, 1.807) is 24.4 Å². The van der Waals surface area contributed by atoms with Crippen LogP contribution in [0.2, 0.25) is 0 Å². The van der Waals surface area contributed by atoms with Gasteiger partial charge in [-0.2, -0.15) is 0 Å². The second-order valence-electron chi connectivity index (χ2n) is 6.70. The third-order valence-corrected chi connectivity index (χ3v) is 5.16. The first-order valence-electron chi connectivity index (χ1n) is 8.51. The summed E-state index contributed by atoms with van der Waals surface area (Å²) in [4.78, 5) is 19.1. The van der Waals surface area contributed by atoms with Crippen LogP contribution in [0.1, 0.15) is 11.6 Å². The third-order valence-electron chi connectivity index (χ3n) is 5.16. The van der Waals surface area contributed by atoms with Gasteiger partial charge in [0, 0.05) is 30.3 Å². The summed E-state index contributed by atoms with van der Waals surface area (Å²) >= 11 is 0. The quantitative estimate of drug-likeness (QED) is 0.914. The zero-order valence-electron chi connectivity index (χ0n) is 14.6. The molecule has 26 heavy (non-hydrogen) atoms. The minimum Gasteiger partial charge on any atom is -0.493 e. The second kappa shape index (κ2) is 6.57. The van der Waals surface area contributed by atoms with E-state index in [9.17, 15) is 9.18 Å². The van der Waals surface area contributed by atoms with E-state index in [1.807, 2.05) is 7.05 Å². The first-order chi connectivity index (χ1) is 12.6. The van der Waals surface area contributed by atoms with Crippen molar-refractivity contribution in [1.29, 1.82) is 0 Å². The van der Waals surface area contributed by atoms with E-state index < -0.39 is 0 Å². The fourth-order valence-corrected chi connectivity index (χ4v) is 4.00. The van der Waals surface area contributed by atoms with Crippen molar-refractivity contribution in [1.82, 2.24) is 9.88 Å². The number of hydrogen-bond donors (Lipinski definition) is 1. The Morgan fingerprint density at radius 2 is 2.27 bits per heavy atom. The lowest BCUT2D eigenvalue weighted by Gasteiger charge is -2.33. The van der Waals surface area contributed by atoms with Gasteiger partial charge in [0.05, 0.1) is 19.6 Å². The van der Waals surface area contributed by atoms with E-state index in [4.69, 9.17) is 9.47 Å².